The van der Waals surface area contributed by atoms with Gasteiger partial charge in [0.2, 0.25) is 17.7 Å². The maximum absolute atomic E-state index is 11.9. The Morgan fingerprint density at radius 1 is 1.36 bits per heavy atom. The Bertz CT molecular complexity index is 767. The first-order valence-electron chi connectivity index (χ1n) is 6.79. The van der Waals surface area contributed by atoms with Gasteiger partial charge in [0.05, 0.1) is 0 Å². The summed E-state index contributed by atoms with van der Waals surface area (Å²) >= 11 is 1.57. The SMILES string of the molecule is Cc1cccnc1NC(=O)CCc1nnc(-c2ccsc2)o1. The van der Waals surface area contributed by atoms with E-state index in [0.29, 0.717) is 24.0 Å². The summed E-state index contributed by atoms with van der Waals surface area (Å²) in [5.74, 6) is 1.39. The fraction of sp³-hybridized carbons (Fsp3) is 0.200. The molecule has 7 heteroatoms. The molecule has 0 aliphatic rings. The van der Waals surface area contributed by atoms with Crippen LogP contribution in [0.25, 0.3) is 11.5 Å². The van der Waals surface area contributed by atoms with Crippen LogP contribution in [-0.2, 0) is 11.2 Å². The van der Waals surface area contributed by atoms with Crippen molar-refractivity contribution in [2.24, 2.45) is 0 Å². The first kappa shape index (κ1) is 14.4. The van der Waals surface area contributed by atoms with Gasteiger partial charge in [-0.05, 0) is 30.0 Å². The Hall–Kier alpha value is -2.54. The fourth-order valence-electron chi connectivity index (χ4n) is 1.89. The molecular weight excluding hydrogens is 300 g/mol. The van der Waals surface area contributed by atoms with E-state index in [1.165, 1.54) is 0 Å². The highest BCUT2D eigenvalue weighted by Crippen LogP contribution is 2.20. The molecule has 3 heterocycles. The highest BCUT2D eigenvalue weighted by molar-refractivity contribution is 7.08. The van der Waals surface area contributed by atoms with Crippen LogP contribution in [0.3, 0.4) is 0 Å². The van der Waals surface area contributed by atoms with E-state index in [9.17, 15) is 4.79 Å². The predicted molar refractivity (Wildman–Crippen MR) is 83.5 cm³/mol. The van der Waals surface area contributed by atoms with Crippen molar-refractivity contribution >= 4 is 23.1 Å². The standard InChI is InChI=1S/C15H14N4O2S/c1-10-3-2-7-16-14(10)17-12(20)4-5-13-18-19-15(21-13)11-6-8-22-9-11/h2-3,6-9H,4-5H2,1H3,(H,16,17,20). The topological polar surface area (TPSA) is 80.9 Å². The van der Waals surface area contributed by atoms with Gasteiger partial charge < -0.3 is 9.73 Å². The normalized spacial score (nSPS) is 10.6. The summed E-state index contributed by atoms with van der Waals surface area (Å²) in [7, 11) is 0. The van der Waals surface area contributed by atoms with Crippen LogP contribution in [0, 0.1) is 6.92 Å². The molecule has 3 aromatic heterocycles. The number of aromatic nitrogens is 3. The summed E-state index contributed by atoms with van der Waals surface area (Å²) in [4.78, 5) is 16.1. The molecule has 0 fully saturated rings. The maximum atomic E-state index is 11.9. The van der Waals surface area contributed by atoms with Gasteiger partial charge in [-0.15, -0.1) is 10.2 Å². The van der Waals surface area contributed by atoms with Gasteiger partial charge in [0.1, 0.15) is 5.82 Å². The van der Waals surface area contributed by atoms with E-state index in [1.807, 2.05) is 35.9 Å². The minimum Gasteiger partial charge on any atom is -0.421 e. The number of carbonyl (C=O) groups is 1. The molecule has 112 valence electrons. The molecule has 1 N–H and O–H groups in total. The lowest BCUT2D eigenvalue weighted by molar-refractivity contribution is -0.116. The minimum atomic E-state index is -0.128. The van der Waals surface area contributed by atoms with Crippen LogP contribution in [0.2, 0.25) is 0 Å². The summed E-state index contributed by atoms with van der Waals surface area (Å²) in [6, 6.07) is 5.64. The van der Waals surface area contributed by atoms with Crippen LogP contribution in [0.15, 0.2) is 39.6 Å². The Balaban J connectivity index is 1.56. The number of hydrogen-bond donors (Lipinski definition) is 1. The summed E-state index contributed by atoms with van der Waals surface area (Å²) < 4.78 is 5.54. The van der Waals surface area contributed by atoms with E-state index in [0.717, 1.165) is 11.1 Å². The maximum Gasteiger partial charge on any atom is 0.248 e. The van der Waals surface area contributed by atoms with Crippen LogP contribution in [0.5, 0.6) is 0 Å². The van der Waals surface area contributed by atoms with E-state index in [2.05, 4.69) is 20.5 Å². The molecule has 3 rings (SSSR count). The third-order valence-electron chi connectivity index (χ3n) is 3.07. The Morgan fingerprint density at radius 2 is 2.27 bits per heavy atom. The number of rotatable bonds is 5. The van der Waals surface area contributed by atoms with Crippen LogP contribution < -0.4 is 5.32 Å². The van der Waals surface area contributed by atoms with Crippen LogP contribution >= 0.6 is 11.3 Å². The third-order valence-corrected chi connectivity index (χ3v) is 3.75. The van der Waals surface area contributed by atoms with Crippen LogP contribution in [0.1, 0.15) is 17.9 Å². The molecule has 1 amide bonds. The molecule has 0 aliphatic carbocycles. The van der Waals surface area contributed by atoms with Crippen molar-refractivity contribution in [3.05, 3.63) is 46.6 Å². The molecule has 0 saturated heterocycles. The van der Waals surface area contributed by atoms with Gasteiger partial charge in [0, 0.05) is 30.0 Å². The molecule has 0 aromatic carbocycles. The van der Waals surface area contributed by atoms with E-state index < -0.39 is 0 Å². The lowest BCUT2D eigenvalue weighted by Crippen LogP contribution is -2.14. The van der Waals surface area contributed by atoms with Crippen LogP contribution in [-0.4, -0.2) is 21.1 Å². The first-order valence-corrected chi connectivity index (χ1v) is 7.73. The van der Waals surface area contributed by atoms with Gasteiger partial charge in [-0.2, -0.15) is 11.3 Å². The molecule has 0 atom stereocenters. The molecular formula is C15H14N4O2S. The summed E-state index contributed by atoms with van der Waals surface area (Å²) in [5, 5.41) is 14.6. The first-order chi connectivity index (χ1) is 10.7. The van der Waals surface area contributed by atoms with Crippen molar-refractivity contribution < 1.29 is 9.21 Å². The second kappa shape index (κ2) is 6.48. The number of anilines is 1. The van der Waals surface area contributed by atoms with Crippen molar-refractivity contribution in [1.82, 2.24) is 15.2 Å². The Kier molecular flexibility index (Phi) is 4.24. The monoisotopic (exact) mass is 314 g/mol. The molecule has 3 aromatic rings. The Labute approximate surface area is 131 Å². The quantitative estimate of drug-likeness (QED) is 0.782. The average Bonchev–Trinajstić information content (AvgIpc) is 3.18. The highest BCUT2D eigenvalue weighted by Gasteiger charge is 2.11. The Morgan fingerprint density at radius 3 is 3.05 bits per heavy atom. The summed E-state index contributed by atoms with van der Waals surface area (Å²) in [6.45, 7) is 1.90. The van der Waals surface area contributed by atoms with E-state index in [1.54, 1.807) is 17.5 Å². The second-order valence-corrected chi connectivity index (χ2v) is 5.51. The van der Waals surface area contributed by atoms with Gasteiger partial charge >= 0.3 is 0 Å². The fourth-order valence-corrected chi connectivity index (χ4v) is 2.52. The average molecular weight is 314 g/mol. The molecule has 0 unspecified atom stereocenters. The third kappa shape index (κ3) is 3.37. The number of carbonyl (C=O) groups excluding carboxylic acids is 1. The molecule has 0 spiro atoms. The zero-order chi connectivity index (χ0) is 15.4. The number of pyridine rings is 1. The smallest absolute Gasteiger partial charge is 0.248 e. The highest BCUT2D eigenvalue weighted by atomic mass is 32.1. The number of nitrogens with one attached hydrogen (secondary N) is 1. The molecule has 0 aliphatic heterocycles. The van der Waals surface area contributed by atoms with Crippen molar-refractivity contribution in [3.8, 4) is 11.5 Å². The molecule has 0 radical (unpaired) electrons. The predicted octanol–water partition coefficient (Wildman–Crippen LogP) is 3.07. The number of hydrogen-bond acceptors (Lipinski definition) is 6. The number of nitrogens with zero attached hydrogens (tertiary/aromatic N) is 3. The van der Waals surface area contributed by atoms with Gasteiger partial charge in [0.25, 0.3) is 0 Å². The zero-order valence-electron chi connectivity index (χ0n) is 11.9. The van der Waals surface area contributed by atoms with E-state index in [4.69, 9.17) is 4.42 Å². The second-order valence-electron chi connectivity index (χ2n) is 4.73. The van der Waals surface area contributed by atoms with Gasteiger partial charge in [0.15, 0.2) is 0 Å². The number of thiophene rings is 1. The zero-order valence-corrected chi connectivity index (χ0v) is 12.8. The summed E-state index contributed by atoms with van der Waals surface area (Å²) in [5.41, 5.74) is 1.82. The molecule has 6 nitrogen and oxygen atoms in total. The van der Waals surface area contributed by atoms with Crippen molar-refractivity contribution in [2.45, 2.75) is 19.8 Å². The molecule has 0 saturated carbocycles. The van der Waals surface area contributed by atoms with Gasteiger partial charge in [-0.3, -0.25) is 4.79 Å². The number of amides is 1. The minimum absolute atomic E-state index is 0.128. The van der Waals surface area contributed by atoms with Crippen molar-refractivity contribution in [1.29, 1.82) is 0 Å². The van der Waals surface area contributed by atoms with Crippen LogP contribution in [0.4, 0.5) is 5.82 Å². The van der Waals surface area contributed by atoms with Crippen molar-refractivity contribution in [3.63, 3.8) is 0 Å². The van der Waals surface area contributed by atoms with Gasteiger partial charge in [-0.25, -0.2) is 4.98 Å². The molecule has 22 heavy (non-hydrogen) atoms. The van der Waals surface area contributed by atoms with E-state index in [-0.39, 0.29) is 12.3 Å². The summed E-state index contributed by atoms with van der Waals surface area (Å²) in [6.07, 6.45) is 2.31. The number of aryl methyl sites for hydroxylation is 2. The molecule has 0 bridgehead atoms. The van der Waals surface area contributed by atoms with Crippen molar-refractivity contribution in [2.75, 3.05) is 5.32 Å². The lowest BCUT2D eigenvalue weighted by Gasteiger charge is -2.05. The lowest BCUT2D eigenvalue weighted by atomic mass is 10.2. The van der Waals surface area contributed by atoms with E-state index >= 15 is 0 Å². The largest absolute Gasteiger partial charge is 0.421 e. The van der Waals surface area contributed by atoms with Gasteiger partial charge in [-0.1, -0.05) is 6.07 Å².